The van der Waals surface area contributed by atoms with E-state index in [9.17, 15) is 87.8 Å². The predicted molar refractivity (Wildman–Crippen MR) is 50.6 cm³/mol. The zero-order valence-corrected chi connectivity index (χ0v) is 13.0. The van der Waals surface area contributed by atoms with E-state index in [2.05, 4.69) is 0 Å². The highest BCUT2D eigenvalue weighted by molar-refractivity contribution is 5.26. The van der Waals surface area contributed by atoms with Gasteiger partial charge in [-0.3, -0.25) is 4.74 Å². The number of alkyl halides is 20. The first-order valence-corrected chi connectivity index (χ1v) is 6.44. The minimum absolute atomic E-state index is 1.37. The van der Waals surface area contributed by atoms with Crippen LogP contribution in [-0.2, 0) is 4.74 Å². The first-order chi connectivity index (χ1) is 13.0. The zero-order valence-electron chi connectivity index (χ0n) is 13.0. The Morgan fingerprint density at radius 1 is 0.452 bits per heavy atom. The van der Waals surface area contributed by atoms with Crippen molar-refractivity contribution in [1.82, 2.24) is 0 Å². The Morgan fingerprint density at radius 3 is 1.03 bits per heavy atom. The first kappa shape index (κ1) is 27.6. The molecule has 2 unspecified atom stereocenters. The van der Waals surface area contributed by atoms with Crippen LogP contribution in [0.25, 0.3) is 0 Å². The Morgan fingerprint density at radius 2 is 0.742 bits per heavy atom. The average molecular weight is 516 g/mol. The fraction of sp³-hybridized carbons (Fsp3) is 1.00. The van der Waals surface area contributed by atoms with E-state index in [1.807, 2.05) is 0 Å². The SMILES string of the molecule is FC(F)(F)C(F)(F)C(F)(F)C1(F)OC(F)(F)C(F)(C(F)(F)C(F)(F)C(F)(F)F)C1(F)F. The molecule has 186 valence electrons. The van der Waals surface area contributed by atoms with Gasteiger partial charge >= 0.3 is 59.6 Å². The van der Waals surface area contributed by atoms with E-state index in [4.69, 9.17) is 0 Å². The Bertz CT molecular complexity index is 714. The van der Waals surface area contributed by atoms with Crippen molar-refractivity contribution in [3.8, 4) is 0 Å². The van der Waals surface area contributed by atoms with E-state index in [0.29, 0.717) is 0 Å². The second-order valence-electron chi connectivity index (χ2n) is 5.74. The second-order valence-corrected chi connectivity index (χ2v) is 5.74. The van der Waals surface area contributed by atoms with E-state index in [0.717, 1.165) is 0 Å². The molecule has 1 aliphatic rings. The summed E-state index contributed by atoms with van der Waals surface area (Å²) >= 11 is 0. The Hall–Kier alpha value is -1.44. The van der Waals surface area contributed by atoms with E-state index in [-0.39, 0.29) is 0 Å². The number of hydrogen-bond donors (Lipinski definition) is 0. The van der Waals surface area contributed by atoms with Gasteiger partial charge in [-0.2, -0.15) is 83.4 Å². The van der Waals surface area contributed by atoms with Crippen LogP contribution in [0, 0.1) is 0 Å². The maximum atomic E-state index is 13.9. The lowest BCUT2D eigenvalue weighted by Crippen LogP contribution is -2.75. The second kappa shape index (κ2) is 6.12. The molecule has 31 heavy (non-hydrogen) atoms. The van der Waals surface area contributed by atoms with Crippen molar-refractivity contribution < 1.29 is 92.5 Å². The Labute approximate surface area is 153 Å². The highest BCUT2D eigenvalue weighted by atomic mass is 19.4. The van der Waals surface area contributed by atoms with Gasteiger partial charge in [-0.1, -0.05) is 0 Å². The van der Waals surface area contributed by atoms with Gasteiger partial charge in [0.2, 0.25) is 0 Å². The summed E-state index contributed by atoms with van der Waals surface area (Å²) in [5, 5.41) is 0. The summed E-state index contributed by atoms with van der Waals surface area (Å²) in [5.41, 5.74) is -8.59. The minimum atomic E-state index is -8.71. The first-order valence-electron chi connectivity index (χ1n) is 6.44. The number of rotatable bonds is 4. The molecule has 0 amide bonds. The summed E-state index contributed by atoms with van der Waals surface area (Å²) < 4.78 is 259. The van der Waals surface area contributed by atoms with Crippen LogP contribution in [0.15, 0.2) is 0 Å². The van der Waals surface area contributed by atoms with Crippen LogP contribution >= 0.6 is 0 Å². The molecule has 0 aromatic rings. The van der Waals surface area contributed by atoms with Crippen molar-refractivity contribution in [3.05, 3.63) is 0 Å². The van der Waals surface area contributed by atoms with Crippen LogP contribution in [0.5, 0.6) is 0 Å². The molecule has 0 radical (unpaired) electrons. The lowest BCUT2D eigenvalue weighted by molar-refractivity contribution is -0.448. The molecule has 0 aromatic carbocycles. The summed E-state index contributed by atoms with van der Waals surface area (Å²) in [4.78, 5) is 0. The fourth-order valence-corrected chi connectivity index (χ4v) is 2.13. The molecular formula is C10F20O. The van der Waals surface area contributed by atoms with E-state index in [1.165, 1.54) is 4.74 Å². The van der Waals surface area contributed by atoms with Gasteiger partial charge in [0.15, 0.2) is 0 Å². The highest BCUT2D eigenvalue weighted by Gasteiger charge is 3.05. The van der Waals surface area contributed by atoms with Gasteiger partial charge in [0, 0.05) is 0 Å². The Balaban J connectivity index is 3.98. The molecule has 1 aliphatic heterocycles. The number of halogens is 20. The van der Waals surface area contributed by atoms with Gasteiger partial charge in [0.1, 0.15) is 0 Å². The fourth-order valence-electron chi connectivity index (χ4n) is 2.13. The molecule has 1 rings (SSSR count). The number of ether oxygens (including phenoxy) is 1. The standard InChI is InChI=1S/C10F20O/c11-1(2(12,13)5(18,19)8(23,24)25)3(14,15)7(22,31-10(1,29)30)4(16,17)6(20,21)9(26,27)28. The van der Waals surface area contributed by atoms with Crippen molar-refractivity contribution in [1.29, 1.82) is 0 Å². The van der Waals surface area contributed by atoms with Gasteiger partial charge in [0.05, 0.1) is 0 Å². The van der Waals surface area contributed by atoms with Crippen LogP contribution in [0.2, 0.25) is 0 Å². The molecule has 0 aromatic heterocycles. The quantitative estimate of drug-likeness (QED) is 0.400. The van der Waals surface area contributed by atoms with Crippen molar-refractivity contribution in [2.75, 3.05) is 0 Å². The van der Waals surface area contributed by atoms with Gasteiger partial charge in [0.25, 0.3) is 0 Å². The summed E-state index contributed by atoms with van der Waals surface area (Å²) in [6.07, 6.45) is -23.8. The normalized spacial score (nSPS) is 30.6. The van der Waals surface area contributed by atoms with Gasteiger partial charge in [-0.05, 0) is 0 Å². The monoisotopic (exact) mass is 516 g/mol. The molecule has 0 N–H and O–H groups in total. The highest BCUT2D eigenvalue weighted by Crippen LogP contribution is 2.72. The van der Waals surface area contributed by atoms with Gasteiger partial charge in [-0.15, -0.1) is 0 Å². The van der Waals surface area contributed by atoms with Crippen LogP contribution in [0.3, 0.4) is 0 Å². The smallest absolute Gasteiger partial charge is 0.269 e. The van der Waals surface area contributed by atoms with Gasteiger partial charge in [-0.25, -0.2) is 4.39 Å². The van der Waals surface area contributed by atoms with Crippen LogP contribution in [0.4, 0.5) is 87.8 Å². The molecule has 1 heterocycles. The van der Waals surface area contributed by atoms with E-state index in [1.54, 1.807) is 0 Å². The average Bonchev–Trinajstić information content (AvgIpc) is 2.60. The van der Waals surface area contributed by atoms with Crippen LogP contribution in [0.1, 0.15) is 0 Å². The Kier molecular flexibility index (Phi) is 5.44. The molecule has 0 spiro atoms. The molecule has 1 saturated heterocycles. The molecule has 1 nitrogen and oxygen atoms in total. The molecule has 21 heteroatoms. The molecule has 2 atom stereocenters. The summed E-state index contributed by atoms with van der Waals surface area (Å²) in [6.45, 7) is 0. The third-order valence-electron chi connectivity index (χ3n) is 3.84. The summed E-state index contributed by atoms with van der Waals surface area (Å²) in [5.74, 6) is -50.7. The largest absolute Gasteiger partial charge is 0.460 e. The molecule has 1 fully saturated rings. The predicted octanol–water partition coefficient (Wildman–Crippen LogP) is 6.28. The maximum Gasteiger partial charge on any atom is 0.460 e. The molecule has 0 bridgehead atoms. The number of hydrogen-bond acceptors (Lipinski definition) is 1. The van der Waals surface area contributed by atoms with Crippen molar-refractivity contribution in [2.45, 2.75) is 59.6 Å². The maximum absolute atomic E-state index is 13.9. The third-order valence-corrected chi connectivity index (χ3v) is 3.84. The van der Waals surface area contributed by atoms with Crippen molar-refractivity contribution in [3.63, 3.8) is 0 Å². The molecular weight excluding hydrogens is 516 g/mol. The van der Waals surface area contributed by atoms with Crippen LogP contribution < -0.4 is 0 Å². The van der Waals surface area contributed by atoms with Crippen LogP contribution in [-0.4, -0.2) is 59.6 Å². The zero-order chi connectivity index (χ0) is 25.7. The van der Waals surface area contributed by atoms with Crippen molar-refractivity contribution >= 4 is 0 Å². The summed E-state index contributed by atoms with van der Waals surface area (Å²) in [6, 6.07) is 0. The van der Waals surface area contributed by atoms with Gasteiger partial charge < -0.3 is 0 Å². The lowest BCUT2D eigenvalue weighted by atomic mass is 9.81. The van der Waals surface area contributed by atoms with E-state index >= 15 is 0 Å². The van der Waals surface area contributed by atoms with E-state index < -0.39 is 59.6 Å². The topological polar surface area (TPSA) is 9.23 Å². The van der Waals surface area contributed by atoms with Crippen molar-refractivity contribution in [2.24, 2.45) is 0 Å². The summed E-state index contributed by atoms with van der Waals surface area (Å²) in [7, 11) is 0. The minimum Gasteiger partial charge on any atom is -0.269 e. The molecule has 0 saturated carbocycles. The lowest BCUT2D eigenvalue weighted by Gasteiger charge is -2.41. The third kappa shape index (κ3) is 2.75. The molecule has 0 aliphatic carbocycles.